The van der Waals surface area contributed by atoms with Crippen LogP contribution in [0.15, 0.2) is 48.5 Å². The van der Waals surface area contributed by atoms with Crippen molar-refractivity contribution in [2.45, 2.75) is 26.7 Å². The molecule has 0 aromatic heterocycles. The minimum Gasteiger partial charge on any atom is -0.492 e. The van der Waals surface area contributed by atoms with Gasteiger partial charge in [0, 0.05) is 18.7 Å². The van der Waals surface area contributed by atoms with E-state index in [1.54, 1.807) is 4.90 Å². The molecule has 26 heavy (non-hydrogen) atoms. The predicted molar refractivity (Wildman–Crippen MR) is 103 cm³/mol. The molecule has 2 aromatic rings. The molecule has 0 spiro atoms. The Kier molecular flexibility index (Phi) is 5.56. The lowest BCUT2D eigenvalue weighted by Gasteiger charge is -2.20. The molecule has 2 aromatic carbocycles. The van der Waals surface area contributed by atoms with Crippen LogP contribution in [0.1, 0.15) is 25.8 Å². The smallest absolute Gasteiger partial charge is 0.229 e. The number of para-hydroxylation sites is 2. The Morgan fingerprint density at radius 3 is 2.58 bits per heavy atom. The van der Waals surface area contributed by atoms with Gasteiger partial charge in [-0.1, -0.05) is 31.2 Å². The zero-order valence-electron chi connectivity index (χ0n) is 15.2. The number of carbonyl (C=O) groups excluding carboxylic acids is 2. The average Bonchev–Trinajstić information content (AvgIpc) is 3.05. The standard InChI is InChI=1S/C21H24N2O3/c1-3-15-9-11-17(12-10-15)22-21(25)16-13-20(24)23(14-16)18-7-5-6-8-19(18)26-4-2/h5-12,16H,3-4,13-14H2,1-2H3,(H,22,25). The van der Waals surface area contributed by atoms with Crippen molar-refractivity contribution in [2.75, 3.05) is 23.4 Å². The van der Waals surface area contributed by atoms with Crippen molar-refractivity contribution in [3.63, 3.8) is 0 Å². The van der Waals surface area contributed by atoms with E-state index in [1.807, 2.05) is 55.5 Å². The highest BCUT2D eigenvalue weighted by molar-refractivity contribution is 6.04. The Morgan fingerprint density at radius 1 is 1.15 bits per heavy atom. The van der Waals surface area contributed by atoms with E-state index in [4.69, 9.17) is 4.74 Å². The quantitative estimate of drug-likeness (QED) is 0.863. The maximum atomic E-state index is 12.6. The Balaban J connectivity index is 1.70. The topological polar surface area (TPSA) is 58.6 Å². The number of aryl methyl sites for hydroxylation is 1. The highest BCUT2D eigenvalue weighted by atomic mass is 16.5. The molecule has 0 aliphatic carbocycles. The lowest BCUT2D eigenvalue weighted by molar-refractivity contribution is -0.122. The van der Waals surface area contributed by atoms with Crippen molar-refractivity contribution in [3.05, 3.63) is 54.1 Å². The van der Waals surface area contributed by atoms with Crippen LogP contribution in [-0.4, -0.2) is 25.0 Å². The first-order valence-corrected chi connectivity index (χ1v) is 9.04. The number of nitrogens with zero attached hydrogens (tertiary/aromatic N) is 1. The molecule has 1 fully saturated rings. The van der Waals surface area contributed by atoms with Gasteiger partial charge >= 0.3 is 0 Å². The fraction of sp³-hybridized carbons (Fsp3) is 0.333. The summed E-state index contributed by atoms with van der Waals surface area (Å²) >= 11 is 0. The Morgan fingerprint density at radius 2 is 1.88 bits per heavy atom. The van der Waals surface area contributed by atoms with Crippen LogP contribution in [0.5, 0.6) is 5.75 Å². The van der Waals surface area contributed by atoms with Crippen molar-refractivity contribution in [2.24, 2.45) is 5.92 Å². The number of ether oxygens (including phenoxy) is 1. The summed E-state index contributed by atoms with van der Waals surface area (Å²) in [6.45, 7) is 4.88. The summed E-state index contributed by atoms with van der Waals surface area (Å²) in [6.07, 6.45) is 1.17. The molecule has 1 saturated heterocycles. The van der Waals surface area contributed by atoms with E-state index in [-0.39, 0.29) is 24.2 Å². The molecule has 1 aliphatic rings. The van der Waals surface area contributed by atoms with E-state index in [0.717, 1.165) is 17.8 Å². The Bertz CT molecular complexity index is 786. The highest BCUT2D eigenvalue weighted by Gasteiger charge is 2.36. The number of anilines is 2. The second kappa shape index (κ2) is 8.04. The maximum Gasteiger partial charge on any atom is 0.229 e. The SMILES string of the molecule is CCOc1ccccc1N1CC(C(=O)Nc2ccc(CC)cc2)CC1=O. The average molecular weight is 352 g/mol. The van der Waals surface area contributed by atoms with Crippen LogP contribution in [-0.2, 0) is 16.0 Å². The fourth-order valence-electron chi connectivity index (χ4n) is 3.14. The molecule has 2 amide bonds. The number of amides is 2. The van der Waals surface area contributed by atoms with Gasteiger partial charge in [0.25, 0.3) is 0 Å². The largest absolute Gasteiger partial charge is 0.492 e. The minimum atomic E-state index is -0.372. The Labute approximate surface area is 154 Å². The molecule has 0 saturated carbocycles. The third-order valence-corrected chi connectivity index (χ3v) is 4.58. The number of rotatable bonds is 6. The molecule has 1 atom stereocenters. The summed E-state index contributed by atoms with van der Waals surface area (Å²) in [5.74, 6) is 0.111. The zero-order valence-corrected chi connectivity index (χ0v) is 15.2. The zero-order chi connectivity index (χ0) is 18.5. The van der Waals surface area contributed by atoms with Gasteiger partial charge in [-0.05, 0) is 43.2 Å². The van der Waals surface area contributed by atoms with Gasteiger partial charge < -0.3 is 15.0 Å². The molecule has 1 aliphatic heterocycles. The highest BCUT2D eigenvalue weighted by Crippen LogP contribution is 2.33. The molecule has 5 heteroatoms. The van der Waals surface area contributed by atoms with Crippen molar-refractivity contribution < 1.29 is 14.3 Å². The van der Waals surface area contributed by atoms with Gasteiger partial charge in [-0.25, -0.2) is 0 Å². The first-order valence-electron chi connectivity index (χ1n) is 9.04. The summed E-state index contributed by atoms with van der Waals surface area (Å²) in [5.41, 5.74) is 2.70. The molecule has 0 bridgehead atoms. The van der Waals surface area contributed by atoms with Gasteiger partial charge in [-0.15, -0.1) is 0 Å². The van der Waals surface area contributed by atoms with E-state index in [0.29, 0.717) is 18.9 Å². The van der Waals surface area contributed by atoms with Crippen molar-refractivity contribution in [1.82, 2.24) is 0 Å². The molecular weight excluding hydrogens is 328 g/mol. The first-order chi connectivity index (χ1) is 12.6. The maximum absolute atomic E-state index is 12.6. The summed E-state index contributed by atoms with van der Waals surface area (Å²) in [5, 5.41) is 2.92. The number of hydrogen-bond donors (Lipinski definition) is 1. The molecule has 1 N–H and O–H groups in total. The summed E-state index contributed by atoms with van der Waals surface area (Å²) in [6, 6.07) is 15.2. The third-order valence-electron chi connectivity index (χ3n) is 4.58. The van der Waals surface area contributed by atoms with E-state index in [9.17, 15) is 9.59 Å². The first kappa shape index (κ1) is 18.0. The van der Waals surface area contributed by atoms with E-state index in [1.165, 1.54) is 5.56 Å². The molecule has 1 unspecified atom stereocenters. The normalized spacial score (nSPS) is 16.6. The van der Waals surface area contributed by atoms with E-state index in [2.05, 4.69) is 12.2 Å². The summed E-state index contributed by atoms with van der Waals surface area (Å²) < 4.78 is 5.62. The summed E-state index contributed by atoms with van der Waals surface area (Å²) in [4.78, 5) is 26.7. The lowest BCUT2D eigenvalue weighted by Crippen LogP contribution is -2.28. The van der Waals surface area contributed by atoms with Crippen LogP contribution in [0.2, 0.25) is 0 Å². The van der Waals surface area contributed by atoms with E-state index >= 15 is 0 Å². The lowest BCUT2D eigenvalue weighted by atomic mass is 10.1. The number of nitrogens with one attached hydrogen (secondary N) is 1. The molecule has 136 valence electrons. The van der Waals surface area contributed by atoms with Crippen LogP contribution in [0.3, 0.4) is 0 Å². The van der Waals surface area contributed by atoms with Crippen molar-refractivity contribution in [1.29, 1.82) is 0 Å². The van der Waals surface area contributed by atoms with E-state index < -0.39 is 0 Å². The van der Waals surface area contributed by atoms with Gasteiger partial charge in [0.1, 0.15) is 5.75 Å². The molecular formula is C21H24N2O3. The number of hydrogen-bond acceptors (Lipinski definition) is 3. The third kappa shape index (κ3) is 3.87. The second-order valence-corrected chi connectivity index (χ2v) is 6.35. The predicted octanol–water partition coefficient (Wildman–Crippen LogP) is 3.64. The van der Waals surface area contributed by atoms with Gasteiger partial charge in [0.2, 0.25) is 11.8 Å². The van der Waals surface area contributed by atoms with Gasteiger partial charge in [-0.3, -0.25) is 9.59 Å². The van der Waals surface area contributed by atoms with Crippen molar-refractivity contribution >= 4 is 23.2 Å². The molecule has 5 nitrogen and oxygen atoms in total. The summed E-state index contributed by atoms with van der Waals surface area (Å²) in [7, 11) is 0. The van der Waals surface area contributed by atoms with Crippen molar-refractivity contribution in [3.8, 4) is 5.75 Å². The van der Waals surface area contributed by atoms with Crippen LogP contribution < -0.4 is 15.0 Å². The molecule has 3 rings (SSSR count). The number of carbonyl (C=O) groups is 2. The van der Waals surface area contributed by atoms with Gasteiger partial charge in [0.15, 0.2) is 0 Å². The van der Waals surface area contributed by atoms with Crippen LogP contribution in [0, 0.1) is 5.92 Å². The fourth-order valence-corrected chi connectivity index (χ4v) is 3.14. The second-order valence-electron chi connectivity index (χ2n) is 6.35. The monoisotopic (exact) mass is 352 g/mol. The van der Waals surface area contributed by atoms with Crippen LogP contribution >= 0.6 is 0 Å². The minimum absolute atomic E-state index is 0.0568. The molecule has 0 radical (unpaired) electrons. The number of benzene rings is 2. The van der Waals surface area contributed by atoms with Gasteiger partial charge in [0.05, 0.1) is 18.2 Å². The van der Waals surface area contributed by atoms with Crippen LogP contribution in [0.4, 0.5) is 11.4 Å². The van der Waals surface area contributed by atoms with Gasteiger partial charge in [-0.2, -0.15) is 0 Å². The Hall–Kier alpha value is -2.82. The van der Waals surface area contributed by atoms with Crippen LogP contribution in [0.25, 0.3) is 0 Å². The molecule has 1 heterocycles.